The Morgan fingerprint density at radius 1 is 1.58 bits per heavy atom. The van der Waals surface area contributed by atoms with Gasteiger partial charge >= 0.3 is 0 Å². The predicted octanol–water partition coefficient (Wildman–Crippen LogP) is 0.260. The van der Waals surface area contributed by atoms with Crippen LogP contribution >= 0.6 is 0 Å². The Morgan fingerprint density at radius 2 is 2.25 bits per heavy atom. The highest BCUT2D eigenvalue weighted by atomic mass is 27.0. The summed E-state index contributed by atoms with van der Waals surface area (Å²) in [5.74, 6) is 0. The third kappa shape index (κ3) is 1.62. The Morgan fingerprint density at radius 3 is 2.75 bits per heavy atom. The fourth-order valence-electron chi connectivity index (χ4n) is 0.771. The summed E-state index contributed by atoms with van der Waals surface area (Å²) < 4.78 is 0.485. The van der Waals surface area contributed by atoms with Gasteiger partial charge < -0.3 is 0 Å². The van der Waals surface area contributed by atoms with Crippen molar-refractivity contribution in [2.24, 2.45) is 0 Å². The molecule has 0 N–H and O–H groups in total. The van der Waals surface area contributed by atoms with Crippen LogP contribution in [0.1, 0.15) is 5.56 Å². The van der Waals surface area contributed by atoms with Gasteiger partial charge in [-0.2, -0.15) is 5.26 Å². The predicted molar refractivity (Wildman–Crippen MR) is 43.2 cm³/mol. The molecule has 5 heteroatoms. The molecule has 0 spiro atoms. The van der Waals surface area contributed by atoms with E-state index in [1.807, 2.05) is 6.07 Å². The Kier molecular flexibility index (Phi) is 2.45. The molecule has 0 amide bonds. The second kappa shape index (κ2) is 3.36. The smallest absolute Gasteiger partial charge is 0.255 e. The van der Waals surface area contributed by atoms with Gasteiger partial charge in [-0.05, 0) is 6.07 Å². The first-order valence-electron chi connectivity index (χ1n) is 3.09. The summed E-state index contributed by atoms with van der Waals surface area (Å²) in [6, 6.07) is 6.15. The van der Waals surface area contributed by atoms with Crippen molar-refractivity contribution in [2.45, 2.75) is 0 Å². The van der Waals surface area contributed by atoms with Gasteiger partial charge in [0, 0.05) is 6.07 Å². The zero-order valence-electron chi connectivity index (χ0n) is 6.02. The number of benzene rings is 1. The van der Waals surface area contributed by atoms with Gasteiger partial charge in [0.2, 0.25) is 0 Å². The summed E-state index contributed by atoms with van der Waals surface area (Å²) in [7, 11) is 0. The number of nitriles is 1. The first-order chi connectivity index (χ1) is 5.65. The van der Waals surface area contributed by atoms with Crippen LogP contribution in [0.4, 0.5) is 5.69 Å². The molecule has 0 aliphatic heterocycles. The van der Waals surface area contributed by atoms with Crippen LogP contribution in [0.3, 0.4) is 0 Å². The standard InChI is InChI=1S/C7H3N2O2.Al/c8-5-6-2-1-3-7(4-6)9(10)11;/h1-2,4H;. The van der Waals surface area contributed by atoms with E-state index >= 15 is 0 Å². The highest BCUT2D eigenvalue weighted by Crippen LogP contribution is 2.08. The van der Waals surface area contributed by atoms with Crippen molar-refractivity contribution in [3.05, 3.63) is 33.9 Å². The number of nitro groups is 1. The highest BCUT2D eigenvalue weighted by molar-refractivity contribution is 6.35. The topological polar surface area (TPSA) is 66.9 Å². The third-order valence-electron chi connectivity index (χ3n) is 1.36. The number of hydrogen-bond donors (Lipinski definition) is 0. The molecule has 1 aromatic carbocycles. The zero-order valence-corrected chi connectivity index (χ0v) is 7.18. The van der Waals surface area contributed by atoms with Gasteiger partial charge in [0.1, 0.15) is 0 Å². The molecule has 56 valence electrons. The van der Waals surface area contributed by atoms with E-state index in [1.165, 1.54) is 18.2 Å². The van der Waals surface area contributed by atoms with Crippen LogP contribution in [-0.2, 0) is 0 Å². The van der Waals surface area contributed by atoms with Crippen molar-refractivity contribution in [1.29, 1.82) is 5.26 Å². The first-order valence-corrected chi connectivity index (χ1v) is 3.67. The van der Waals surface area contributed by atoms with E-state index in [1.54, 1.807) is 0 Å². The van der Waals surface area contributed by atoms with E-state index in [2.05, 4.69) is 16.3 Å². The van der Waals surface area contributed by atoms with Crippen LogP contribution in [-0.4, -0.2) is 21.2 Å². The number of rotatable bonds is 1. The highest BCUT2D eigenvalue weighted by Gasteiger charge is 2.08. The monoisotopic (exact) mass is 174 g/mol. The van der Waals surface area contributed by atoms with Crippen LogP contribution in [0.15, 0.2) is 18.2 Å². The SMILES string of the molecule is N#Cc1cc[c]([Al])c([N+](=O)[O-])c1. The molecule has 0 aliphatic rings. The van der Waals surface area contributed by atoms with Crippen LogP contribution < -0.4 is 4.43 Å². The van der Waals surface area contributed by atoms with E-state index in [4.69, 9.17) is 5.26 Å². The summed E-state index contributed by atoms with van der Waals surface area (Å²) in [6.45, 7) is 0. The maximum absolute atomic E-state index is 10.4. The summed E-state index contributed by atoms with van der Waals surface area (Å²) in [6.07, 6.45) is 0. The molecule has 2 radical (unpaired) electrons. The molecule has 1 rings (SSSR count). The normalized spacial score (nSPS) is 8.92. The van der Waals surface area contributed by atoms with Gasteiger partial charge in [0.15, 0.2) is 16.3 Å². The lowest BCUT2D eigenvalue weighted by molar-refractivity contribution is -0.383. The van der Waals surface area contributed by atoms with Crippen molar-refractivity contribution in [1.82, 2.24) is 0 Å². The number of nitrogens with zero attached hydrogens (tertiary/aromatic N) is 2. The molecule has 0 bridgehead atoms. The molecule has 0 unspecified atom stereocenters. The molecule has 0 heterocycles. The second-order valence-electron chi connectivity index (χ2n) is 2.14. The number of hydrogen-bond acceptors (Lipinski definition) is 3. The van der Waals surface area contributed by atoms with Crippen molar-refractivity contribution in [2.75, 3.05) is 0 Å². The van der Waals surface area contributed by atoms with E-state index in [0.29, 0.717) is 9.99 Å². The minimum Gasteiger partial charge on any atom is -0.258 e. The van der Waals surface area contributed by atoms with Gasteiger partial charge in [-0.25, -0.2) is 0 Å². The van der Waals surface area contributed by atoms with Gasteiger partial charge in [-0.15, -0.1) is 0 Å². The Balaban J connectivity index is 3.28. The average molecular weight is 174 g/mol. The van der Waals surface area contributed by atoms with Gasteiger partial charge in [-0.1, -0.05) is 10.5 Å². The first kappa shape index (κ1) is 8.74. The maximum Gasteiger partial charge on any atom is 0.255 e. The fraction of sp³-hybridized carbons (Fsp3) is 0. The molecule has 0 saturated carbocycles. The van der Waals surface area contributed by atoms with E-state index in [0.717, 1.165) is 0 Å². The van der Waals surface area contributed by atoms with Crippen LogP contribution in [0, 0.1) is 21.4 Å². The Bertz CT molecular complexity index is 370. The third-order valence-corrected chi connectivity index (χ3v) is 1.84. The molecular weight excluding hydrogens is 171 g/mol. The minimum absolute atomic E-state index is 0.0425. The molecule has 0 atom stereocenters. The van der Waals surface area contributed by atoms with Crippen molar-refractivity contribution in [3.63, 3.8) is 0 Å². The zero-order chi connectivity index (χ0) is 9.14. The van der Waals surface area contributed by atoms with Crippen molar-refractivity contribution in [3.8, 4) is 6.07 Å². The lowest BCUT2D eigenvalue weighted by Gasteiger charge is -1.96. The molecule has 0 aliphatic carbocycles. The second-order valence-corrected chi connectivity index (χ2v) is 2.76. The molecule has 1 aromatic rings. The molecular formula is C7H3AlN2O2. The van der Waals surface area contributed by atoms with Gasteiger partial charge in [0.25, 0.3) is 5.69 Å². The summed E-state index contributed by atoms with van der Waals surface area (Å²) in [5.41, 5.74) is 0.256. The lowest BCUT2D eigenvalue weighted by Crippen LogP contribution is -2.09. The Hall–Kier alpha value is -1.36. The van der Waals surface area contributed by atoms with Gasteiger partial charge in [0.05, 0.1) is 16.6 Å². The quantitative estimate of drug-likeness (QED) is 0.348. The van der Waals surface area contributed by atoms with Gasteiger partial charge in [-0.3, -0.25) is 10.1 Å². The average Bonchev–Trinajstić information content (AvgIpc) is 2.05. The van der Waals surface area contributed by atoms with Crippen LogP contribution in [0.2, 0.25) is 0 Å². The largest absolute Gasteiger partial charge is 0.258 e. The van der Waals surface area contributed by atoms with Crippen molar-refractivity contribution >= 4 is 26.4 Å². The van der Waals surface area contributed by atoms with E-state index in [-0.39, 0.29) is 5.69 Å². The maximum atomic E-state index is 10.4. The summed E-state index contributed by atoms with van der Waals surface area (Å²) in [4.78, 5) is 9.86. The van der Waals surface area contributed by atoms with E-state index in [9.17, 15) is 10.1 Å². The molecule has 12 heavy (non-hydrogen) atoms. The van der Waals surface area contributed by atoms with Crippen LogP contribution in [0.5, 0.6) is 0 Å². The molecule has 4 nitrogen and oxygen atoms in total. The molecule has 0 saturated heterocycles. The lowest BCUT2D eigenvalue weighted by atomic mass is 10.2. The van der Waals surface area contributed by atoms with Crippen LogP contribution in [0.25, 0.3) is 0 Å². The fourth-order valence-corrected chi connectivity index (χ4v) is 1.06. The Labute approximate surface area is 77.0 Å². The summed E-state index contributed by atoms with van der Waals surface area (Å²) in [5, 5.41) is 18.8. The number of nitro benzene ring substituents is 1. The summed E-state index contributed by atoms with van der Waals surface area (Å²) >= 11 is 2.25. The minimum atomic E-state index is -0.511. The van der Waals surface area contributed by atoms with E-state index < -0.39 is 4.92 Å². The molecule has 0 fully saturated rings. The van der Waals surface area contributed by atoms with Crippen molar-refractivity contribution < 1.29 is 4.92 Å². The molecule has 0 aromatic heterocycles.